The second kappa shape index (κ2) is 6.05. The van der Waals surface area contributed by atoms with Gasteiger partial charge in [0.15, 0.2) is 0 Å². The van der Waals surface area contributed by atoms with Gasteiger partial charge in [0.1, 0.15) is 5.25 Å². The third-order valence-electron chi connectivity index (χ3n) is 3.28. The molecule has 1 aliphatic rings. The highest BCUT2D eigenvalue weighted by atomic mass is 35.7. The van der Waals surface area contributed by atoms with Gasteiger partial charge in [-0.15, -0.1) is 0 Å². The first-order valence-electron chi connectivity index (χ1n) is 6.09. The lowest BCUT2D eigenvalue weighted by molar-refractivity contribution is -0.129. The number of likely N-dealkylation sites (tertiary alicyclic amines) is 1. The summed E-state index contributed by atoms with van der Waals surface area (Å²) < 4.78 is 22.4. The smallest absolute Gasteiger partial charge is 0.237 e. The quantitative estimate of drug-likeness (QED) is 0.554. The van der Waals surface area contributed by atoms with E-state index in [1.165, 1.54) is 0 Å². The fourth-order valence-corrected chi connectivity index (χ4v) is 3.20. The molecule has 0 saturated carbocycles. The number of carbonyl (C=O) groups is 1. The van der Waals surface area contributed by atoms with Crippen molar-refractivity contribution in [1.29, 1.82) is 0 Å². The second-order valence-electron chi connectivity index (χ2n) is 4.69. The second-order valence-corrected chi connectivity index (χ2v) is 7.60. The van der Waals surface area contributed by atoms with Crippen molar-refractivity contribution in [3.8, 4) is 0 Å². The van der Waals surface area contributed by atoms with E-state index in [1.54, 1.807) is 4.90 Å². The molecule has 1 fully saturated rings. The predicted octanol–water partition coefficient (Wildman–Crippen LogP) is 2.12. The molecule has 17 heavy (non-hydrogen) atoms. The minimum Gasteiger partial charge on any atom is -0.339 e. The largest absolute Gasteiger partial charge is 0.339 e. The number of nitrogens with zero attached hydrogens (tertiary/aromatic N) is 1. The summed E-state index contributed by atoms with van der Waals surface area (Å²) in [5.74, 6) is -0.0942. The highest BCUT2D eigenvalue weighted by molar-refractivity contribution is 8.14. The summed E-state index contributed by atoms with van der Waals surface area (Å²) in [5, 5.41) is -0.731. The molecule has 1 rings (SSSR count). The van der Waals surface area contributed by atoms with Crippen molar-refractivity contribution in [3.05, 3.63) is 0 Å². The maximum absolute atomic E-state index is 11.7. The molecule has 2 unspecified atom stereocenters. The standard InChI is InChI=1S/C11H20ClNO3S/c1-3-4-5-6-9(2)13-8-10(7-11(13)14)17(12,15)16/h9-10H,3-8H2,1-2H3. The zero-order chi connectivity index (χ0) is 13.1. The maximum atomic E-state index is 11.7. The normalized spacial score (nSPS) is 23.1. The molecule has 6 heteroatoms. The van der Waals surface area contributed by atoms with Crippen LogP contribution in [0.4, 0.5) is 0 Å². The van der Waals surface area contributed by atoms with Crippen molar-refractivity contribution < 1.29 is 13.2 Å². The molecule has 1 saturated heterocycles. The van der Waals surface area contributed by atoms with Gasteiger partial charge >= 0.3 is 0 Å². The van der Waals surface area contributed by atoms with E-state index in [1.807, 2.05) is 6.92 Å². The fourth-order valence-electron chi connectivity index (χ4n) is 2.16. The molecule has 0 aromatic heterocycles. The molecule has 0 aromatic rings. The van der Waals surface area contributed by atoms with Crippen LogP contribution in [0.1, 0.15) is 46.0 Å². The van der Waals surface area contributed by atoms with Crippen LogP contribution in [0.3, 0.4) is 0 Å². The molecule has 0 N–H and O–H groups in total. The summed E-state index contributed by atoms with van der Waals surface area (Å²) >= 11 is 0. The lowest BCUT2D eigenvalue weighted by Crippen LogP contribution is -2.35. The van der Waals surface area contributed by atoms with Gasteiger partial charge in [0.05, 0.1) is 0 Å². The van der Waals surface area contributed by atoms with Gasteiger partial charge < -0.3 is 4.90 Å². The third-order valence-corrected chi connectivity index (χ3v) is 5.15. The van der Waals surface area contributed by atoms with Crippen LogP contribution in [0.25, 0.3) is 0 Å². The molecule has 100 valence electrons. The van der Waals surface area contributed by atoms with E-state index in [9.17, 15) is 13.2 Å². The Morgan fingerprint density at radius 1 is 1.47 bits per heavy atom. The third kappa shape index (κ3) is 4.14. The number of amides is 1. The van der Waals surface area contributed by atoms with Gasteiger partial charge in [-0.1, -0.05) is 26.2 Å². The molecule has 1 aliphatic heterocycles. The first-order valence-corrected chi connectivity index (χ1v) is 8.46. The van der Waals surface area contributed by atoms with E-state index >= 15 is 0 Å². The SMILES string of the molecule is CCCCCC(C)N1CC(S(=O)(=O)Cl)CC1=O. The molecule has 0 radical (unpaired) electrons. The summed E-state index contributed by atoms with van der Waals surface area (Å²) in [6, 6.07) is 0.109. The lowest BCUT2D eigenvalue weighted by atomic mass is 10.1. The Morgan fingerprint density at radius 2 is 2.12 bits per heavy atom. The lowest BCUT2D eigenvalue weighted by Gasteiger charge is -2.24. The minimum atomic E-state index is -3.62. The van der Waals surface area contributed by atoms with E-state index < -0.39 is 14.3 Å². The summed E-state index contributed by atoms with van der Waals surface area (Å²) in [4.78, 5) is 13.4. The van der Waals surface area contributed by atoms with Crippen molar-refractivity contribution in [2.75, 3.05) is 6.54 Å². The van der Waals surface area contributed by atoms with Crippen LogP contribution in [-0.2, 0) is 13.8 Å². The Hall–Kier alpha value is -0.290. The number of halogens is 1. The Kier molecular flexibility index (Phi) is 5.25. The van der Waals surface area contributed by atoms with E-state index in [0.29, 0.717) is 0 Å². The van der Waals surface area contributed by atoms with E-state index in [2.05, 4.69) is 6.92 Å². The van der Waals surface area contributed by atoms with Gasteiger partial charge in [-0.25, -0.2) is 8.42 Å². The van der Waals surface area contributed by atoms with Crippen LogP contribution in [0.15, 0.2) is 0 Å². The number of carbonyl (C=O) groups excluding carboxylic acids is 1. The average Bonchev–Trinajstić information content (AvgIpc) is 2.60. The molecule has 0 aromatic carbocycles. The topological polar surface area (TPSA) is 54.5 Å². The summed E-state index contributed by atoms with van der Waals surface area (Å²) in [6.45, 7) is 4.34. The zero-order valence-electron chi connectivity index (χ0n) is 10.4. The number of unbranched alkanes of at least 4 members (excludes halogenated alkanes) is 2. The highest BCUT2D eigenvalue weighted by Crippen LogP contribution is 2.24. The molecule has 0 spiro atoms. The van der Waals surface area contributed by atoms with Crippen molar-refractivity contribution in [2.45, 2.75) is 57.2 Å². The van der Waals surface area contributed by atoms with E-state index in [0.717, 1.165) is 25.7 Å². The van der Waals surface area contributed by atoms with Gasteiger partial charge in [-0.05, 0) is 13.3 Å². The summed E-state index contributed by atoms with van der Waals surface area (Å²) in [5.41, 5.74) is 0. The first kappa shape index (κ1) is 14.8. The monoisotopic (exact) mass is 281 g/mol. The Balaban J connectivity index is 2.53. The molecule has 2 atom stereocenters. The Labute approximate surface area is 108 Å². The van der Waals surface area contributed by atoms with Gasteiger partial charge in [0.2, 0.25) is 15.0 Å². The fraction of sp³-hybridized carbons (Fsp3) is 0.909. The Morgan fingerprint density at radius 3 is 2.59 bits per heavy atom. The Bertz CT molecular complexity index is 369. The summed E-state index contributed by atoms with van der Waals surface area (Å²) in [7, 11) is 1.68. The van der Waals surface area contributed by atoms with E-state index in [-0.39, 0.29) is 24.9 Å². The van der Waals surface area contributed by atoms with Gasteiger partial charge in [0, 0.05) is 29.7 Å². The predicted molar refractivity (Wildman–Crippen MR) is 68.5 cm³/mol. The van der Waals surface area contributed by atoms with Crippen LogP contribution >= 0.6 is 10.7 Å². The maximum Gasteiger partial charge on any atom is 0.237 e. The molecule has 0 bridgehead atoms. The van der Waals surface area contributed by atoms with Gasteiger partial charge in [-0.3, -0.25) is 4.79 Å². The molecule has 4 nitrogen and oxygen atoms in total. The van der Waals surface area contributed by atoms with Crippen molar-refractivity contribution in [2.24, 2.45) is 0 Å². The molecule has 1 amide bonds. The van der Waals surface area contributed by atoms with Crippen LogP contribution in [-0.4, -0.2) is 37.1 Å². The van der Waals surface area contributed by atoms with Crippen LogP contribution in [0.2, 0.25) is 0 Å². The van der Waals surface area contributed by atoms with Crippen LogP contribution < -0.4 is 0 Å². The number of hydrogen-bond donors (Lipinski definition) is 0. The zero-order valence-corrected chi connectivity index (χ0v) is 11.9. The average molecular weight is 282 g/mol. The molecule has 1 heterocycles. The van der Waals surface area contributed by atoms with Crippen molar-refractivity contribution in [1.82, 2.24) is 4.90 Å². The molecular formula is C11H20ClNO3S. The molecular weight excluding hydrogens is 262 g/mol. The van der Waals surface area contributed by atoms with Gasteiger partial charge in [0.25, 0.3) is 0 Å². The van der Waals surface area contributed by atoms with E-state index in [4.69, 9.17) is 10.7 Å². The highest BCUT2D eigenvalue weighted by Gasteiger charge is 2.38. The molecule has 0 aliphatic carbocycles. The van der Waals surface area contributed by atoms with Crippen LogP contribution in [0, 0.1) is 0 Å². The first-order chi connectivity index (χ1) is 7.86. The number of hydrogen-bond acceptors (Lipinski definition) is 3. The van der Waals surface area contributed by atoms with Crippen molar-refractivity contribution in [3.63, 3.8) is 0 Å². The van der Waals surface area contributed by atoms with Gasteiger partial charge in [-0.2, -0.15) is 0 Å². The van der Waals surface area contributed by atoms with Crippen molar-refractivity contribution >= 4 is 25.6 Å². The van der Waals surface area contributed by atoms with Crippen LogP contribution in [0.5, 0.6) is 0 Å². The number of rotatable bonds is 6. The summed E-state index contributed by atoms with van der Waals surface area (Å²) in [6.07, 6.45) is 4.31. The minimum absolute atomic E-state index is 0.0317.